The molecule has 0 amide bonds. The van der Waals surface area contributed by atoms with Crippen LogP contribution < -0.4 is 5.73 Å². The Morgan fingerprint density at radius 2 is 1.71 bits per heavy atom. The molecular formula is C12H17NO2S2. The largest absolute Gasteiger partial charge is 0.393 e. The van der Waals surface area contributed by atoms with Gasteiger partial charge in [0, 0.05) is 12.2 Å². The molecular weight excluding hydrogens is 254 g/mol. The van der Waals surface area contributed by atoms with Crippen LogP contribution in [0.3, 0.4) is 0 Å². The number of hydrogen-bond acceptors (Lipinski definition) is 3. The Kier molecular flexibility index (Phi) is 4.27. The van der Waals surface area contributed by atoms with Crippen LogP contribution in [-0.4, -0.2) is 19.7 Å². The first-order valence-electron chi connectivity index (χ1n) is 5.33. The van der Waals surface area contributed by atoms with Crippen LogP contribution in [0.25, 0.3) is 0 Å². The van der Waals surface area contributed by atoms with Gasteiger partial charge in [0.15, 0.2) is 9.84 Å². The lowest BCUT2D eigenvalue weighted by Crippen LogP contribution is -2.23. The summed E-state index contributed by atoms with van der Waals surface area (Å²) < 4.78 is 22.6. The predicted molar refractivity (Wildman–Crippen MR) is 73.9 cm³/mol. The van der Waals surface area contributed by atoms with Crippen molar-refractivity contribution in [2.24, 2.45) is 11.7 Å². The summed E-state index contributed by atoms with van der Waals surface area (Å²) in [4.78, 5) is 0.807. The minimum Gasteiger partial charge on any atom is -0.393 e. The second kappa shape index (κ2) is 5.14. The van der Waals surface area contributed by atoms with Gasteiger partial charge >= 0.3 is 0 Å². The van der Waals surface area contributed by atoms with Crippen LogP contribution in [-0.2, 0) is 9.84 Å². The number of thiocarbonyl (C=S) groups is 1. The average Bonchev–Trinajstić information content (AvgIpc) is 2.26. The number of benzene rings is 1. The smallest absolute Gasteiger partial charge is 0.175 e. The maximum atomic E-state index is 11.3. The summed E-state index contributed by atoms with van der Waals surface area (Å²) in [6, 6.07) is 6.87. The van der Waals surface area contributed by atoms with Crippen molar-refractivity contribution in [1.29, 1.82) is 0 Å². The highest BCUT2D eigenvalue weighted by Crippen LogP contribution is 2.25. The molecule has 1 aromatic rings. The quantitative estimate of drug-likeness (QED) is 0.852. The zero-order chi connectivity index (χ0) is 13.2. The van der Waals surface area contributed by atoms with Crippen molar-refractivity contribution in [3.63, 3.8) is 0 Å². The molecule has 0 saturated carbocycles. The van der Waals surface area contributed by atoms with Crippen molar-refractivity contribution in [1.82, 2.24) is 0 Å². The van der Waals surface area contributed by atoms with Crippen molar-refractivity contribution in [3.8, 4) is 0 Å². The van der Waals surface area contributed by atoms with Gasteiger partial charge in [-0.3, -0.25) is 0 Å². The van der Waals surface area contributed by atoms with E-state index in [2.05, 4.69) is 0 Å². The van der Waals surface area contributed by atoms with Crippen molar-refractivity contribution in [3.05, 3.63) is 29.8 Å². The molecule has 2 N–H and O–H groups in total. The van der Waals surface area contributed by atoms with E-state index in [0.29, 0.717) is 9.88 Å². The number of rotatable bonds is 4. The summed E-state index contributed by atoms with van der Waals surface area (Å²) >= 11 is 4.96. The van der Waals surface area contributed by atoms with E-state index in [9.17, 15) is 8.42 Å². The van der Waals surface area contributed by atoms with Gasteiger partial charge in [-0.15, -0.1) is 0 Å². The van der Waals surface area contributed by atoms with Crippen LogP contribution in [0.15, 0.2) is 29.2 Å². The van der Waals surface area contributed by atoms with E-state index in [4.69, 9.17) is 18.0 Å². The van der Waals surface area contributed by atoms with Crippen LogP contribution in [0.4, 0.5) is 0 Å². The van der Waals surface area contributed by atoms with Crippen molar-refractivity contribution in [2.45, 2.75) is 24.7 Å². The van der Waals surface area contributed by atoms with Crippen molar-refractivity contribution >= 4 is 27.0 Å². The third kappa shape index (κ3) is 3.51. The molecule has 0 fully saturated rings. The molecule has 0 aromatic heterocycles. The molecule has 0 saturated heterocycles. The van der Waals surface area contributed by atoms with Gasteiger partial charge in [-0.05, 0) is 23.6 Å². The molecule has 2 unspecified atom stereocenters. The van der Waals surface area contributed by atoms with Gasteiger partial charge < -0.3 is 5.73 Å². The molecule has 94 valence electrons. The standard InChI is InChI=1S/C12H17NO2S2/c1-8(9(2)12(13)16)10-4-6-11(7-5-10)17(3,14)15/h4-9H,1-3H3,(H2,13,16). The normalized spacial score (nSPS) is 15.2. The maximum Gasteiger partial charge on any atom is 0.175 e. The van der Waals surface area contributed by atoms with E-state index in [1.54, 1.807) is 12.1 Å². The zero-order valence-corrected chi connectivity index (χ0v) is 11.8. The van der Waals surface area contributed by atoms with Crippen molar-refractivity contribution in [2.75, 3.05) is 6.26 Å². The Hall–Kier alpha value is -0.940. The van der Waals surface area contributed by atoms with E-state index < -0.39 is 9.84 Å². The minimum atomic E-state index is -3.13. The van der Waals surface area contributed by atoms with E-state index >= 15 is 0 Å². The first kappa shape index (κ1) is 14.1. The van der Waals surface area contributed by atoms with Gasteiger partial charge in [-0.1, -0.05) is 38.2 Å². The molecule has 0 spiro atoms. The molecule has 0 bridgehead atoms. The van der Waals surface area contributed by atoms with Gasteiger partial charge in [0.1, 0.15) is 0 Å². The van der Waals surface area contributed by atoms with Gasteiger partial charge in [-0.25, -0.2) is 8.42 Å². The molecule has 0 aliphatic carbocycles. The average molecular weight is 271 g/mol. The predicted octanol–water partition coefficient (Wildman–Crippen LogP) is 2.12. The molecule has 1 rings (SSSR count). The Morgan fingerprint density at radius 3 is 2.06 bits per heavy atom. The maximum absolute atomic E-state index is 11.3. The fraction of sp³-hybridized carbons (Fsp3) is 0.417. The van der Waals surface area contributed by atoms with E-state index in [0.717, 1.165) is 5.56 Å². The molecule has 3 nitrogen and oxygen atoms in total. The summed E-state index contributed by atoms with van der Waals surface area (Å²) in [6.07, 6.45) is 1.20. The first-order valence-corrected chi connectivity index (χ1v) is 7.62. The Morgan fingerprint density at radius 1 is 1.24 bits per heavy atom. The second-order valence-electron chi connectivity index (χ2n) is 4.32. The molecule has 0 aliphatic heterocycles. The first-order chi connectivity index (χ1) is 7.73. The Balaban J connectivity index is 2.99. The van der Waals surface area contributed by atoms with E-state index in [1.807, 2.05) is 26.0 Å². The lowest BCUT2D eigenvalue weighted by molar-refractivity contribution is 0.601. The number of sulfone groups is 1. The molecule has 5 heteroatoms. The summed E-state index contributed by atoms with van der Waals surface area (Å²) in [6.45, 7) is 4.00. The van der Waals surface area contributed by atoms with Crippen LogP contribution >= 0.6 is 12.2 Å². The molecule has 2 atom stereocenters. The topological polar surface area (TPSA) is 60.2 Å². The highest BCUT2D eigenvalue weighted by atomic mass is 32.2. The monoisotopic (exact) mass is 271 g/mol. The third-order valence-electron chi connectivity index (χ3n) is 3.03. The van der Waals surface area contributed by atoms with Crippen LogP contribution in [0.2, 0.25) is 0 Å². The van der Waals surface area contributed by atoms with Crippen LogP contribution in [0, 0.1) is 5.92 Å². The molecule has 0 radical (unpaired) electrons. The third-order valence-corrected chi connectivity index (χ3v) is 4.53. The highest BCUT2D eigenvalue weighted by Gasteiger charge is 2.17. The van der Waals surface area contributed by atoms with Gasteiger partial charge in [0.2, 0.25) is 0 Å². The summed E-state index contributed by atoms with van der Waals surface area (Å²) in [5, 5.41) is 0. The zero-order valence-electron chi connectivity index (χ0n) is 10.2. The van der Waals surface area contributed by atoms with Gasteiger partial charge in [0.05, 0.1) is 9.88 Å². The van der Waals surface area contributed by atoms with Gasteiger partial charge in [0.25, 0.3) is 0 Å². The van der Waals surface area contributed by atoms with Crippen molar-refractivity contribution < 1.29 is 8.42 Å². The van der Waals surface area contributed by atoms with E-state index in [1.165, 1.54) is 6.26 Å². The number of hydrogen-bond donors (Lipinski definition) is 1. The Labute approximate surface area is 108 Å². The number of nitrogens with two attached hydrogens (primary N) is 1. The van der Waals surface area contributed by atoms with Gasteiger partial charge in [-0.2, -0.15) is 0 Å². The molecule has 17 heavy (non-hydrogen) atoms. The second-order valence-corrected chi connectivity index (χ2v) is 6.81. The lowest BCUT2D eigenvalue weighted by atomic mass is 9.89. The highest BCUT2D eigenvalue weighted by molar-refractivity contribution is 7.90. The van der Waals surface area contributed by atoms with E-state index in [-0.39, 0.29) is 11.8 Å². The molecule has 1 aromatic carbocycles. The fourth-order valence-electron chi connectivity index (χ4n) is 1.55. The summed E-state index contributed by atoms with van der Waals surface area (Å²) in [7, 11) is -3.13. The molecule has 0 aliphatic rings. The van der Waals surface area contributed by atoms with Crippen LogP contribution in [0.1, 0.15) is 25.3 Å². The summed E-state index contributed by atoms with van der Waals surface area (Å²) in [5.41, 5.74) is 6.65. The minimum absolute atomic E-state index is 0.0917. The summed E-state index contributed by atoms with van der Waals surface area (Å²) in [5.74, 6) is 0.273. The van der Waals surface area contributed by atoms with Crippen LogP contribution in [0.5, 0.6) is 0 Å². The lowest BCUT2D eigenvalue weighted by Gasteiger charge is -2.19. The Bertz CT molecular complexity index is 506. The molecule has 0 heterocycles. The fourth-order valence-corrected chi connectivity index (χ4v) is 2.39. The SMILES string of the molecule is CC(C(N)=S)C(C)c1ccc(S(C)(=O)=O)cc1.